The number of methoxy groups -OCH3 is 1. The second kappa shape index (κ2) is 16.0. The van der Waals surface area contributed by atoms with E-state index in [1.54, 1.807) is 71.3 Å². The van der Waals surface area contributed by atoms with E-state index in [0.29, 0.717) is 46.9 Å². The van der Waals surface area contributed by atoms with Crippen molar-refractivity contribution in [3.05, 3.63) is 101 Å². The molecule has 2 amide bonds. The Balaban J connectivity index is 1.11. The molecule has 3 aromatic carbocycles. The van der Waals surface area contributed by atoms with E-state index in [0.717, 1.165) is 5.56 Å². The smallest absolute Gasteiger partial charge is 0.264 e. The number of aliphatic hydroxyl groups is 5. The van der Waals surface area contributed by atoms with Gasteiger partial charge in [0.25, 0.3) is 11.8 Å². The van der Waals surface area contributed by atoms with E-state index in [4.69, 9.17) is 14.2 Å². The van der Waals surface area contributed by atoms with Crippen LogP contribution in [0.5, 0.6) is 5.75 Å². The number of nitrogens with zero attached hydrogens (tertiary/aromatic N) is 4. The van der Waals surface area contributed by atoms with Crippen LogP contribution in [0.2, 0.25) is 18.6 Å². The van der Waals surface area contributed by atoms with Crippen molar-refractivity contribution >= 4 is 31.6 Å². The Hall–Kier alpha value is -4.59. The molecule has 304 valence electrons. The third-order valence-corrected chi connectivity index (χ3v) is 14.0. The third-order valence-electron chi connectivity index (χ3n) is 11.5. The number of carbonyl (C=O) groups excluding carboxylic acids is 2. The van der Waals surface area contributed by atoms with E-state index in [1.807, 2.05) is 37.3 Å². The molecular formula is C40H48FN5O10Si. The largest absolute Gasteiger partial charge is 0.497 e. The minimum Gasteiger partial charge on any atom is -0.497 e. The summed E-state index contributed by atoms with van der Waals surface area (Å²) in [5, 5.41) is 61.2. The summed E-state index contributed by atoms with van der Waals surface area (Å²) in [6.07, 6.45) is -7.35. The predicted molar refractivity (Wildman–Crippen MR) is 206 cm³/mol. The molecular weight excluding hydrogens is 758 g/mol. The van der Waals surface area contributed by atoms with Crippen molar-refractivity contribution < 1.29 is 53.4 Å². The lowest BCUT2D eigenvalue weighted by atomic mass is 9.82. The van der Waals surface area contributed by atoms with Crippen LogP contribution in [-0.2, 0) is 37.8 Å². The first kappa shape index (κ1) is 40.6. The topological polar surface area (TPSA) is 209 Å². The van der Waals surface area contributed by atoms with Crippen LogP contribution in [0.4, 0.5) is 15.5 Å². The number of rotatable bonds is 12. The monoisotopic (exact) mass is 805 g/mol. The Bertz CT molecular complexity index is 2070. The molecule has 4 heterocycles. The first-order chi connectivity index (χ1) is 27.2. The molecule has 3 aliphatic rings. The maximum atomic E-state index is 16.5. The normalized spacial score (nSPS) is 29.1. The minimum atomic E-state index is -3.47. The van der Waals surface area contributed by atoms with Gasteiger partial charge in [0.2, 0.25) is 8.41 Å². The summed E-state index contributed by atoms with van der Waals surface area (Å²) in [6.45, 7) is 5.47. The molecule has 3 aliphatic heterocycles. The van der Waals surface area contributed by atoms with Crippen LogP contribution in [0.25, 0.3) is 0 Å². The molecule has 2 fully saturated rings. The van der Waals surface area contributed by atoms with Crippen molar-refractivity contribution in [1.82, 2.24) is 15.0 Å². The summed E-state index contributed by atoms with van der Waals surface area (Å²) in [7, 11) is -1.93. The van der Waals surface area contributed by atoms with E-state index in [2.05, 4.69) is 15.6 Å². The molecule has 6 N–H and O–H groups in total. The van der Waals surface area contributed by atoms with E-state index in [1.165, 1.54) is 7.11 Å². The average molecular weight is 806 g/mol. The number of fused-ring (bicyclic) bond motifs is 2. The van der Waals surface area contributed by atoms with Crippen LogP contribution in [0, 0.1) is 5.92 Å². The van der Waals surface area contributed by atoms with E-state index < -0.39 is 68.2 Å². The van der Waals surface area contributed by atoms with Gasteiger partial charge in [0.15, 0.2) is 18.0 Å². The van der Waals surface area contributed by atoms with E-state index in [9.17, 15) is 35.1 Å². The number of hydrogen-bond acceptors (Lipinski definition) is 12. The first-order valence-electron chi connectivity index (χ1n) is 18.9. The quantitative estimate of drug-likeness (QED) is 0.0903. The molecule has 1 spiro atoms. The summed E-state index contributed by atoms with van der Waals surface area (Å²) in [5.41, 5.74) is 1.64. The van der Waals surface area contributed by atoms with Gasteiger partial charge in [0, 0.05) is 35.5 Å². The molecule has 17 heteroatoms. The molecule has 2 saturated heterocycles. The molecule has 0 bridgehead atoms. The van der Waals surface area contributed by atoms with Crippen molar-refractivity contribution in [2.75, 3.05) is 23.9 Å². The highest BCUT2D eigenvalue weighted by Gasteiger charge is 2.66. The highest BCUT2D eigenvalue weighted by molar-refractivity contribution is 6.72. The van der Waals surface area contributed by atoms with Crippen LogP contribution >= 0.6 is 0 Å². The molecule has 10 atom stereocenters. The van der Waals surface area contributed by atoms with Crippen molar-refractivity contribution in [2.24, 2.45) is 5.92 Å². The van der Waals surface area contributed by atoms with Gasteiger partial charge in [-0.2, -0.15) is 0 Å². The molecule has 1 aromatic heterocycles. The number of amides is 2. The first-order valence-corrected chi connectivity index (χ1v) is 21.8. The Labute approximate surface area is 329 Å². The molecule has 7 rings (SSSR count). The number of carbonyl (C=O) groups is 2. The van der Waals surface area contributed by atoms with Crippen molar-refractivity contribution in [3.63, 3.8) is 0 Å². The Morgan fingerprint density at radius 3 is 2.42 bits per heavy atom. The summed E-state index contributed by atoms with van der Waals surface area (Å²) in [4.78, 5) is 29.4. The van der Waals surface area contributed by atoms with Crippen molar-refractivity contribution in [2.45, 2.75) is 93.4 Å². The summed E-state index contributed by atoms with van der Waals surface area (Å²) >= 11 is 0. The predicted octanol–water partition coefficient (Wildman–Crippen LogP) is 2.56. The Morgan fingerprint density at radius 1 is 1.04 bits per heavy atom. The van der Waals surface area contributed by atoms with Gasteiger partial charge in [-0.1, -0.05) is 54.6 Å². The van der Waals surface area contributed by atoms with Crippen LogP contribution in [0.1, 0.15) is 41.6 Å². The maximum Gasteiger partial charge on any atom is 0.264 e. The molecule has 0 radical (unpaired) electrons. The second-order valence-electron chi connectivity index (χ2n) is 15.5. The lowest BCUT2D eigenvalue weighted by Gasteiger charge is -2.37. The van der Waals surface area contributed by atoms with Crippen LogP contribution in [0.3, 0.4) is 0 Å². The number of hydrogen-bond donors (Lipinski definition) is 6. The molecule has 1 unspecified atom stereocenters. The van der Waals surface area contributed by atoms with Crippen LogP contribution < -0.4 is 15.0 Å². The lowest BCUT2D eigenvalue weighted by molar-refractivity contribution is -0.274. The number of benzene rings is 3. The van der Waals surface area contributed by atoms with Gasteiger partial charge >= 0.3 is 0 Å². The minimum absolute atomic E-state index is 0.117. The third kappa shape index (κ3) is 7.49. The number of ether oxygens (including phenoxy) is 3. The summed E-state index contributed by atoms with van der Waals surface area (Å²) in [6, 6.07) is 21.5. The van der Waals surface area contributed by atoms with Crippen LogP contribution in [-0.4, -0.2) is 111 Å². The number of nitrogens with one attached hydrogen (secondary N) is 1. The number of anilines is 2. The second-order valence-corrected chi connectivity index (χ2v) is 19.3. The van der Waals surface area contributed by atoms with E-state index in [-0.39, 0.29) is 25.0 Å². The van der Waals surface area contributed by atoms with Gasteiger partial charge < -0.3 is 54.1 Å². The lowest BCUT2D eigenvalue weighted by Crippen LogP contribution is -2.60. The van der Waals surface area contributed by atoms with Crippen molar-refractivity contribution in [1.29, 1.82) is 0 Å². The highest BCUT2D eigenvalue weighted by Crippen LogP contribution is 2.60. The zero-order valence-electron chi connectivity index (χ0n) is 32.0. The van der Waals surface area contributed by atoms with Gasteiger partial charge in [-0.25, -0.2) is 0 Å². The van der Waals surface area contributed by atoms with Gasteiger partial charge in [-0.3, -0.25) is 14.3 Å². The fraction of sp³-hybridized carbons (Fsp3) is 0.450. The average Bonchev–Trinajstić information content (AvgIpc) is 3.85. The van der Waals surface area contributed by atoms with Crippen molar-refractivity contribution in [3.8, 4) is 5.75 Å². The highest BCUT2D eigenvalue weighted by atomic mass is 28.4. The maximum absolute atomic E-state index is 16.5. The molecule has 0 aliphatic carbocycles. The van der Waals surface area contributed by atoms with Crippen LogP contribution in [0.15, 0.2) is 79.0 Å². The zero-order chi connectivity index (χ0) is 40.8. The Kier molecular flexibility index (Phi) is 11.4. The molecule has 0 saturated carbocycles. The Morgan fingerprint density at radius 2 is 1.75 bits per heavy atom. The molecule has 15 nitrogen and oxygen atoms in total. The number of halogens is 1. The van der Waals surface area contributed by atoms with Gasteiger partial charge in [-0.05, 0) is 61.0 Å². The van der Waals surface area contributed by atoms with E-state index >= 15 is 4.11 Å². The fourth-order valence-corrected chi connectivity index (χ4v) is 11.2. The summed E-state index contributed by atoms with van der Waals surface area (Å²) < 4.78 is 35.6. The van der Waals surface area contributed by atoms with Gasteiger partial charge in [0.1, 0.15) is 24.1 Å². The SMILES string of the molecule is COc1ccc2c(c1)[C@]1(O[C@@H](CCn3cc(C(CO)c4ccccc4)nn3)[C@H]([Si](C)(C)F)[C@H]1C)C(=O)N2Cc1ccc(NC(=O)[C@H]2O[C@@H](O)[C@H](O)[C@@H](O)[C@@H]2O)cc1. The molecule has 57 heavy (non-hydrogen) atoms. The number of aryl methyl sites for hydroxylation is 1. The number of aliphatic hydroxyl groups excluding tert-OH is 5. The number of aromatic nitrogens is 3. The van der Waals surface area contributed by atoms with Gasteiger partial charge in [0.05, 0.1) is 43.7 Å². The zero-order valence-corrected chi connectivity index (χ0v) is 33.0. The van der Waals surface area contributed by atoms with Gasteiger partial charge in [-0.15, -0.1) is 5.10 Å². The molecule has 4 aromatic rings. The summed E-state index contributed by atoms with van der Waals surface area (Å²) in [5.74, 6) is -1.56. The fourth-order valence-electron chi connectivity index (χ4n) is 8.64. The standard InChI is InChI=1S/C40H48FN5O10Si/c1-22-36(57(3,4)41)31(16-17-45-20-29(43-44-45)27(21-47)24-8-6-5-7-9-24)56-40(22)28-18-26(54-2)14-15-30(28)46(39(40)53)19-23-10-12-25(13-11-23)42-37(51)35-33(49)32(48)34(50)38(52)55-35/h5-15,18,20,22,27,31-36,38,47-50,52H,16-17,19,21H2,1-4H3,(H,42,51)/t22-,27?,31+,32+,33+,34-,35+,36-,38-,40+/m1/s1.